The Balaban J connectivity index is 2.49. The molecule has 0 atom stereocenters. The summed E-state index contributed by atoms with van der Waals surface area (Å²) in [4.78, 5) is 10.1. The van der Waals surface area contributed by atoms with Crippen molar-refractivity contribution >= 4 is 21.6 Å². The van der Waals surface area contributed by atoms with Crippen molar-refractivity contribution in [3.05, 3.63) is 33.9 Å². The molecule has 0 spiro atoms. The Morgan fingerprint density at radius 2 is 2.00 bits per heavy atom. The van der Waals surface area contributed by atoms with Gasteiger partial charge in [0.1, 0.15) is 19.0 Å². The lowest BCUT2D eigenvalue weighted by Gasteiger charge is -2.11. The molecule has 0 aliphatic heterocycles. The van der Waals surface area contributed by atoms with Crippen LogP contribution in [0.4, 0.5) is 18.9 Å². The van der Waals surface area contributed by atoms with Gasteiger partial charge in [-0.3, -0.25) is 10.1 Å². The molecule has 0 aliphatic carbocycles. The van der Waals surface area contributed by atoms with Gasteiger partial charge in [-0.1, -0.05) is 15.9 Å². The Bertz CT molecular complexity index is 467. The zero-order valence-corrected chi connectivity index (χ0v) is 11.7. The van der Waals surface area contributed by atoms with Gasteiger partial charge in [0, 0.05) is 23.0 Å². The molecule has 5 nitrogen and oxygen atoms in total. The topological polar surface area (TPSA) is 61.6 Å². The van der Waals surface area contributed by atoms with Crippen LogP contribution >= 0.6 is 15.9 Å². The molecule has 0 bridgehead atoms. The summed E-state index contributed by atoms with van der Waals surface area (Å²) in [5.41, 5.74) is 0.454. The number of alkyl halides is 4. The zero-order valence-electron chi connectivity index (χ0n) is 10.2. The molecule has 0 fully saturated rings. The summed E-state index contributed by atoms with van der Waals surface area (Å²) in [6.45, 7) is -1.63. The van der Waals surface area contributed by atoms with Crippen LogP contribution in [-0.2, 0) is 10.1 Å². The third kappa shape index (κ3) is 5.74. The van der Waals surface area contributed by atoms with Crippen LogP contribution in [0.15, 0.2) is 18.2 Å². The maximum atomic E-state index is 11.8. The fourth-order valence-corrected chi connectivity index (χ4v) is 1.76. The zero-order chi connectivity index (χ0) is 15.2. The van der Waals surface area contributed by atoms with E-state index in [-0.39, 0.29) is 18.9 Å². The molecule has 0 saturated heterocycles. The summed E-state index contributed by atoms with van der Waals surface area (Å²) in [5.74, 6) is 0.364. The summed E-state index contributed by atoms with van der Waals surface area (Å²) in [7, 11) is 0. The molecule has 0 radical (unpaired) electrons. The van der Waals surface area contributed by atoms with Crippen molar-refractivity contribution in [2.24, 2.45) is 0 Å². The second-order valence-corrected chi connectivity index (χ2v) is 4.26. The lowest BCUT2D eigenvalue weighted by Crippen LogP contribution is -2.19. The van der Waals surface area contributed by atoms with Crippen molar-refractivity contribution in [3.63, 3.8) is 0 Å². The van der Waals surface area contributed by atoms with Crippen molar-refractivity contribution < 1.29 is 27.6 Å². The summed E-state index contributed by atoms with van der Waals surface area (Å²) >= 11 is 3.16. The summed E-state index contributed by atoms with van der Waals surface area (Å²) in [6, 6.07) is 4.00. The third-order valence-corrected chi connectivity index (χ3v) is 2.75. The monoisotopic (exact) mass is 357 g/mol. The standard InChI is InChI=1S/C11H11BrF3NO4/c12-6-8-5-9(16(17)18)1-2-10(8)20-4-3-19-7-11(13,14)15/h1-2,5H,3-4,6-7H2. The summed E-state index contributed by atoms with van der Waals surface area (Å²) in [5, 5.41) is 10.9. The maximum Gasteiger partial charge on any atom is 0.411 e. The van der Waals surface area contributed by atoms with Crippen LogP contribution < -0.4 is 4.74 Å². The van der Waals surface area contributed by atoms with E-state index in [2.05, 4.69) is 20.7 Å². The van der Waals surface area contributed by atoms with E-state index in [1.807, 2.05) is 0 Å². The predicted molar refractivity (Wildman–Crippen MR) is 68.1 cm³/mol. The van der Waals surface area contributed by atoms with Crippen LogP contribution in [0.2, 0.25) is 0 Å². The minimum Gasteiger partial charge on any atom is -0.491 e. The highest BCUT2D eigenvalue weighted by Crippen LogP contribution is 2.26. The van der Waals surface area contributed by atoms with Crippen molar-refractivity contribution in [2.75, 3.05) is 19.8 Å². The largest absolute Gasteiger partial charge is 0.491 e. The van der Waals surface area contributed by atoms with Gasteiger partial charge in [-0.25, -0.2) is 0 Å². The second kappa shape index (κ2) is 7.44. The number of hydrogen-bond donors (Lipinski definition) is 0. The number of benzene rings is 1. The first-order valence-corrected chi connectivity index (χ1v) is 6.56. The highest BCUT2D eigenvalue weighted by Gasteiger charge is 2.27. The van der Waals surface area contributed by atoms with Crippen molar-refractivity contribution in [3.8, 4) is 5.75 Å². The van der Waals surface area contributed by atoms with Gasteiger partial charge in [-0.05, 0) is 6.07 Å². The number of nitro benzene ring substituents is 1. The van der Waals surface area contributed by atoms with Crippen LogP contribution in [0.5, 0.6) is 5.75 Å². The normalized spacial score (nSPS) is 11.4. The first kappa shape index (κ1) is 16.7. The number of nitrogens with zero attached hydrogens (tertiary/aromatic N) is 1. The minimum atomic E-state index is -4.37. The van der Waals surface area contributed by atoms with Gasteiger partial charge >= 0.3 is 6.18 Å². The molecule has 112 valence electrons. The fraction of sp³-hybridized carbons (Fsp3) is 0.455. The third-order valence-electron chi connectivity index (χ3n) is 2.15. The molecule has 20 heavy (non-hydrogen) atoms. The SMILES string of the molecule is O=[N+]([O-])c1ccc(OCCOCC(F)(F)F)c(CBr)c1. The van der Waals surface area contributed by atoms with Gasteiger partial charge in [0.15, 0.2) is 0 Å². The molecule has 0 N–H and O–H groups in total. The fourth-order valence-electron chi connectivity index (χ4n) is 1.32. The van der Waals surface area contributed by atoms with E-state index in [4.69, 9.17) is 4.74 Å². The molecule has 0 amide bonds. The van der Waals surface area contributed by atoms with Crippen LogP contribution in [0.25, 0.3) is 0 Å². The molecular weight excluding hydrogens is 347 g/mol. The van der Waals surface area contributed by atoms with Gasteiger partial charge in [0.2, 0.25) is 0 Å². The average Bonchev–Trinajstić information content (AvgIpc) is 2.36. The van der Waals surface area contributed by atoms with E-state index < -0.39 is 17.7 Å². The van der Waals surface area contributed by atoms with Gasteiger partial charge in [-0.2, -0.15) is 13.2 Å². The Labute approximate surface area is 121 Å². The van der Waals surface area contributed by atoms with Crippen LogP contribution in [0.1, 0.15) is 5.56 Å². The molecule has 0 saturated carbocycles. The Morgan fingerprint density at radius 3 is 2.55 bits per heavy atom. The number of halogens is 4. The van der Waals surface area contributed by atoms with Crippen LogP contribution in [0, 0.1) is 10.1 Å². The molecule has 0 aliphatic rings. The second-order valence-electron chi connectivity index (χ2n) is 3.70. The molecular formula is C11H11BrF3NO4. The number of hydrogen-bond acceptors (Lipinski definition) is 4. The lowest BCUT2D eigenvalue weighted by atomic mass is 10.2. The summed E-state index contributed by atoms with van der Waals surface area (Å²) in [6.07, 6.45) is -4.37. The molecule has 9 heteroatoms. The Morgan fingerprint density at radius 1 is 1.30 bits per heavy atom. The van der Waals surface area contributed by atoms with E-state index >= 15 is 0 Å². The maximum absolute atomic E-state index is 11.8. The quantitative estimate of drug-likeness (QED) is 0.324. The average molecular weight is 358 g/mol. The Hall–Kier alpha value is -1.35. The highest BCUT2D eigenvalue weighted by atomic mass is 79.9. The van der Waals surface area contributed by atoms with Crippen LogP contribution in [-0.4, -0.2) is 30.9 Å². The van der Waals surface area contributed by atoms with E-state index in [1.54, 1.807) is 0 Å². The first-order valence-electron chi connectivity index (χ1n) is 5.44. The number of nitro groups is 1. The van der Waals surface area contributed by atoms with Gasteiger partial charge in [0.25, 0.3) is 5.69 Å². The Kier molecular flexibility index (Phi) is 6.21. The predicted octanol–water partition coefficient (Wildman–Crippen LogP) is 3.45. The molecule has 0 aromatic heterocycles. The van der Waals surface area contributed by atoms with E-state index in [1.165, 1.54) is 18.2 Å². The molecule has 1 aromatic carbocycles. The number of rotatable bonds is 7. The number of ether oxygens (including phenoxy) is 2. The van der Waals surface area contributed by atoms with E-state index in [0.29, 0.717) is 16.6 Å². The van der Waals surface area contributed by atoms with Crippen LogP contribution in [0.3, 0.4) is 0 Å². The van der Waals surface area contributed by atoms with E-state index in [9.17, 15) is 23.3 Å². The lowest BCUT2D eigenvalue weighted by molar-refractivity contribution is -0.384. The molecule has 1 rings (SSSR count). The van der Waals surface area contributed by atoms with E-state index in [0.717, 1.165) is 0 Å². The van der Waals surface area contributed by atoms with Gasteiger partial charge < -0.3 is 9.47 Å². The van der Waals surface area contributed by atoms with Gasteiger partial charge in [0.05, 0.1) is 11.5 Å². The molecule has 0 heterocycles. The minimum absolute atomic E-state index is 0.0755. The number of non-ortho nitro benzene ring substituents is 1. The van der Waals surface area contributed by atoms with Gasteiger partial charge in [-0.15, -0.1) is 0 Å². The van der Waals surface area contributed by atoms with Crippen molar-refractivity contribution in [1.82, 2.24) is 0 Å². The molecule has 0 unspecified atom stereocenters. The first-order chi connectivity index (χ1) is 9.33. The van der Waals surface area contributed by atoms with Crippen molar-refractivity contribution in [2.45, 2.75) is 11.5 Å². The van der Waals surface area contributed by atoms with Crippen molar-refractivity contribution in [1.29, 1.82) is 0 Å². The molecule has 1 aromatic rings. The smallest absolute Gasteiger partial charge is 0.411 e. The highest BCUT2D eigenvalue weighted by molar-refractivity contribution is 9.08. The summed E-state index contributed by atoms with van der Waals surface area (Å²) < 4.78 is 45.0.